The second-order valence-electron chi connectivity index (χ2n) is 3.83. The minimum Gasteiger partial charge on any atom is -0.382 e. The van der Waals surface area contributed by atoms with Crippen LogP contribution in [0.3, 0.4) is 0 Å². The Balaban J connectivity index is 2.17. The van der Waals surface area contributed by atoms with E-state index in [9.17, 15) is 4.79 Å². The third kappa shape index (κ3) is 2.23. The Hall–Kier alpha value is -1.22. The maximum Gasteiger partial charge on any atom is 0.250 e. The quantitative estimate of drug-likeness (QED) is 0.829. The zero-order valence-corrected chi connectivity index (χ0v) is 9.05. The number of carbonyl (C=O) groups excluding carboxylic acids is 1. The number of amides is 1. The van der Waals surface area contributed by atoms with E-state index in [4.69, 9.17) is 17.3 Å². The van der Waals surface area contributed by atoms with Crippen LogP contribution in [0.5, 0.6) is 0 Å². The zero-order chi connectivity index (χ0) is 10.8. The number of benzene rings is 1. The lowest BCUT2D eigenvalue weighted by molar-refractivity contribution is 0.100. The van der Waals surface area contributed by atoms with E-state index in [1.807, 2.05) is 6.07 Å². The fourth-order valence-corrected chi connectivity index (χ4v) is 1.80. The number of primary amides is 1. The molecule has 15 heavy (non-hydrogen) atoms. The molecule has 1 aromatic rings. The van der Waals surface area contributed by atoms with E-state index in [-0.39, 0.29) is 0 Å². The molecule has 1 aliphatic carbocycles. The molecule has 1 aliphatic rings. The standard InChI is InChI=1S/C11H13ClN2O/c12-10-5-4-8(6-9(10)11(13)15)14-7-2-1-3-7/h4-7,14H,1-3H2,(H2,13,15). The van der Waals surface area contributed by atoms with Gasteiger partial charge in [0.15, 0.2) is 0 Å². The number of nitrogens with two attached hydrogens (primary N) is 1. The van der Waals surface area contributed by atoms with Gasteiger partial charge in [-0.15, -0.1) is 0 Å². The molecule has 1 amide bonds. The SMILES string of the molecule is NC(=O)c1cc(NC2CCC2)ccc1Cl. The highest BCUT2D eigenvalue weighted by atomic mass is 35.5. The molecule has 2 rings (SSSR count). The largest absolute Gasteiger partial charge is 0.382 e. The highest BCUT2D eigenvalue weighted by Gasteiger charge is 2.17. The fraction of sp³-hybridized carbons (Fsp3) is 0.364. The third-order valence-corrected chi connectivity index (χ3v) is 3.04. The van der Waals surface area contributed by atoms with Crippen LogP contribution in [0.15, 0.2) is 18.2 Å². The van der Waals surface area contributed by atoms with Gasteiger partial charge in [0.25, 0.3) is 0 Å². The summed E-state index contributed by atoms with van der Waals surface area (Å²) in [6, 6.07) is 5.81. The Morgan fingerprint density at radius 3 is 2.73 bits per heavy atom. The van der Waals surface area contributed by atoms with Crippen LogP contribution in [0.1, 0.15) is 29.6 Å². The van der Waals surface area contributed by atoms with Gasteiger partial charge in [-0.3, -0.25) is 4.79 Å². The van der Waals surface area contributed by atoms with Crippen molar-refractivity contribution in [2.24, 2.45) is 5.73 Å². The lowest BCUT2D eigenvalue weighted by Crippen LogP contribution is -2.27. The van der Waals surface area contributed by atoms with Crippen molar-refractivity contribution in [2.45, 2.75) is 25.3 Å². The number of rotatable bonds is 3. The fourth-order valence-electron chi connectivity index (χ4n) is 1.59. The third-order valence-electron chi connectivity index (χ3n) is 2.71. The van der Waals surface area contributed by atoms with Gasteiger partial charge in [0.2, 0.25) is 5.91 Å². The molecule has 0 heterocycles. The van der Waals surface area contributed by atoms with Crippen LogP contribution in [0.2, 0.25) is 5.02 Å². The number of hydrogen-bond donors (Lipinski definition) is 2. The predicted octanol–water partition coefficient (Wildman–Crippen LogP) is 2.40. The molecular formula is C11H13ClN2O. The van der Waals surface area contributed by atoms with Crippen molar-refractivity contribution in [3.63, 3.8) is 0 Å². The maximum absolute atomic E-state index is 11.1. The Morgan fingerprint density at radius 1 is 1.47 bits per heavy atom. The normalized spacial score (nSPS) is 15.8. The molecule has 0 radical (unpaired) electrons. The number of nitrogens with one attached hydrogen (secondary N) is 1. The molecule has 80 valence electrons. The molecule has 0 atom stereocenters. The van der Waals surface area contributed by atoms with Crippen LogP contribution in [0, 0.1) is 0 Å². The molecule has 4 heteroatoms. The summed E-state index contributed by atoms with van der Waals surface area (Å²) in [5.41, 5.74) is 6.50. The molecule has 1 fully saturated rings. The molecule has 0 aliphatic heterocycles. The first-order valence-electron chi connectivity index (χ1n) is 5.02. The van der Waals surface area contributed by atoms with Gasteiger partial charge < -0.3 is 11.1 Å². The molecule has 3 N–H and O–H groups in total. The molecular weight excluding hydrogens is 212 g/mol. The van der Waals surface area contributed by atoms with Crippen molar-refractivity contribution < 1.29 is 4.79 Å². The highest BCUT2D eigenvalue weighted by Crippen LogP contribution is 2.25. The van der Waals surface area contributed by atoms with Crippen molar-refractivity contribution >= 4 is 23.2 Å². The van der Waals surface area contributed by atoms with Crippen LogP contribution < -0.4 is 11.1 Å². The van der Waals surface area contributed by atoms with Crippen molar-refractivity contribution in [3.05, 3.63) is 28.8 Å². The summed E-state index contributed by atoms with van der Waals surface area (Å²) < 4.78 is 0. The average molecular weight is 225 g/mol. The lowest BCUT2D eigenvalue weighted by atomic mass is 9.93. The van der Waals surface area contributed by atoms with Gasteiger partial charge in [-0.05, 0) is 37.5 Å². The summed E-state index contributed by atoms with van der Waals surface area (Å²) in [5, 5.41) is 3.74. The summed E-state index contributed by atoms with van der Waals surface area (Å²) in [5.74, 6) is -0.489. The van der Waals surface area contributed by atoms with Gasteiger partial charge in [0.05, 0.1) is 10.6 Å². The number of halogens is 1. The Morgan fingerprint density at radius 2 is 2.20 bits per heavy atom. The molecule has 1 saturated carbocycles. The first-order chi connectivity index (χ1) is 7.16. The van der Waals surface area contributed by atoms with Gasteiger partial charge in [-0.2, -0.15) is 0 Å². The number of carbonyl (C=O) groups is 1. The van der Waals surface area contributed by atoms with Gasteiger partial charge in [0.1, 0.15) is 0 Å². The van der Waals surface area contributed by atoms with E-state index in [1.54, 1.807) is 12.1 Å². The van der Waals surface area contributed by atoms with Crippen molar-refractivity contribution in [1.29, 1.82) is 0 Å². The molecule has 0 spiro atoms. The number of hydrogen-bond acceptors (Lipinski definition) is 2. The van der Waals surface area contributed by atoms with Crippen LogP contribution >= 0.6 is 11.6 Å². The van der Waals surface area contributed by atoms with Crippen molar-refractivity contribution in [1.82, 2.24) is 0 Å². The van der Waals surface area contributed by atoms with Crippen LogP contribution in [-0.2, 0) is 0 Å². The molecule has 0 saturated heterocycles. The lowest BCUT2D eigenvalue weighted by Gasteiger charge is -2.27. The van der Waals surface area contributed by atoms with Gasteiger partial charge in [0, 0.05) is 11.7 Å². The van der Waals surface area contributed by atoms with E-state index < -0.39 is 5.91 Å². The summed E-state index contributed by atoms with van der Waals surface area (Å²) in [6.07, 6.45) is 3.65. The summed E-state index contributed by atoms with van der Waals surface area (Å²) >= 11 is 5.85. The minimum atomic E-state index is -0.489. The predicted molar refractivity (Wildman–Crippen MR) is 61.2 cm³/mol. The van der Waals surface area contributed by atoms with Crippen molar-refractivity contribution in [3.8, 4) is 0 Å². The zero-order valence-electron chi connectivity index (χ0n) is 8.29. The molecule has 0 bridgehead atoms. The monoisotopic (exact) mass is 224 g/mol. The number of anilines is 1. The van der Waals surface area contributed by atoms with E-state index in [0.717, 1.165) is 5.69 Å². The minimum absolute atomic E-state index is 0.376. The summed E-state index contributed by atoms with van der Waals surface area (Å²) in [4.78, 5) is 11.1. The molecule has 3 nitrogen and oxygen atoms in total. The smallest absolute Gasteiger partial charge is 0.250 e. The molecule has 0 unspecified atom stereocenters. The first kappa shape index (κ1) is 10.3. The van der Waals surface area contributed by atoms with Gasteiger partial charge in [-0.1, -0.05) is 11.6 Å². The average Bonchev–Trinajstić information content (AvgIpc) is 2.13. The Kier molecular flexibility index (Phi) is 2.82. The van der Waals surface area contributed by atoms with Crippen LogP contribution in [0.4, 0.5) is 5.69 Å². The van der Waals surface area contributed by atoms with Crippen LogP contribution in [0.25, 0.3) is 0 Å². The van der Waals surface area contributed by atoms with E-state index >= 15 is 0 Å². The Labute approximate surface area is 93.6 Å². The van der Waals surface area contributed by atoms with Gasteiger partial charge in [-0.25, -0.2) is 0 Å². The second kappa shape index (κ2) is 4.11. The molecule has 1 aromatic carbocycles. The maximum atomic E-state index is 11.1. The Bertz CT molecular complexity index is 388. The van der Waals surface area contributed by atoms with Crippen molar-refractivity contribution in [2.75, 3.05) is 5.32 Å². The van der Waals surface area contributed by atoms with Crippen LogP contribution in [-0.4, -0.2) is 11.9 Å². The highest BCUT2D eigenvalue weighted by molar-refractivity contribution is 6.33. The van der Waals surface area contributed by atoms with E-state index in [2.05, 4.69) is 5.32 Å². The van der Waals surface area contributed by atoms with E-state index in [0.29, 0.717) is 16.6 Å². The van der Waals surface area contributed by atoms with E-state index in [1.165, 1.54) is 19.3 Å². The van der Waals surface area contributed by atoms with Gasteiger partial charge >= 0.3 is 0 Å². The summed E-state index contributed by atoms with van der Waals surface area (Å²) in [6.45, 7) is 0. The summed E-state index contributed by atoms with van der Waals surface area (Å²) in [7, 11) is 0. The topological polar surface area (TPSA) is 55.1 Å². The first-order valence-corrected chi connectivity index (χ1v) is 5.40. The molecule has 0 aromatic heterocycles. The second-order valence-corrected chi connectivity index (χ2v) is 4.24.